The van der Waals surface area contributed by atoms with Gasteiger partial charge in [0.05, 0.1) is 5.69 Å². The van der Waals surface area contributed by atoms with Crippen molar-refractivity contribution in [2.75, 3.05) is 11.6 Å². The van der Waals surface area contributed by atoms with Crippen LogP contribution >= 0.6 is 0 Å². The summed E-state index contributed by atoms with van der Waals surface area (Å²) in [5, 5.41) is 5.33. The molecule has 6 nitrogen and oxygen atoms in total. The van der Waals surface area contributed by atoms with E-state index < -0.39 is 0 Å². The molecule has 6 heteroatoms. The Morgan fingerprint density at radius 3 is 2.45 bits per heavy atom. The van der Waals surface area contributed by atoms with E-state index in [-0.39, 0.29) is 11.8 Å². The van der Waals surface area contributed by atoms with E-state index in [1.54, 1.807) is 36.4 Å². The third-order valence-electron chi connectivity index (χ3n) is 4.96. The monoisotopic (exact) mass is 413 g/mol. The van der Waals surface area contributed by atoms with Crippen molar-refractivity contribution in [1.82, 2.24) is 10.3 Å². The zero-order valence-electron chi connectivity index (χ0n) is 17.2. The largest absolute Gasteiger partial charge is 0.372 e. The Labute approximate surface area is 180 Å². The van der Waals surface area contributed by atoms with Crippen LogP contribution in [0.25, 0.3) is 10.9 Å². The minimum atomic E-state index is -0.264. The van der Waals surface area contributed by atoms with Gasteiger partial charge >= 0.3 is 0 Å². The fourth-order valence-electron chi connectivity index (χ4n) is 3.41. The van der Waals surface area contributed by atoms with Crippen LogP contribution in [0.2, 0.25) is 0 Å². The number of rotatable bonds is 7. The molecule has 0 saturated carbocycles. The van der Waals surface area contributed by atoms with E-state index >= 15 is 0 Å². The lowest BCUT2D eigenvalue weighted by Crippen LogP contribution is -2.32. The molecule has 0 bridgehead atoms. The number of carbonyl (C=O) groups is 2. The molecule has 4 rings (SSSR count). The molecule has 0 unspecified atom stereocenters. The molecule has 2 amide bonds. The molecule has 0 radical (unpaired) electrons. The number of nitrogens with one attached hydrogen (secondary N) is 2. The minimum Gasteiger partial charge on any atom is -0.372 e. The van der Waals surface area contributed by atoms with Gasteiger partial charge in [0.15, 0.2) is 5.75 Å². The summed E-state index contributed by atoms with van der Waals surface area (Å²) in [5.74, 6) is 0.128. The van der Waals surface area contributed by atoms with Crippen LogP contribution in [0.15, 0.2) is 85.1 Å². The molecular weight excluding hydrogens is 390 g/mol. The molecule has 0 fully saturated rings. The quantitative estimate of drug-likeness (QED) is 0.439. The number of hydroxylamine groups is 1. The highest BCUT2D eigenvalue weighted by Crippen LogP contribution is 2.20. The first-order valence-electron chi connectivity index (χ1n) is 10.1. The Morgan fingerprint density at radius 2 is 1.71 bits per heavy atom. The van der Waals surface area contributed by atoms with Gasteiger partial charge in [0.25, 0.3) is 11.8 Å². The van der Waals surface area contributed by atoms with E-state index in [1.165, 1.54) is 22.9 Å². The fourth-order valence-corrected chi connectivity index (χ4v) is 3.41. The average molecular weight is 413 g/mol. The molecule has 2 N–H and O–H groups in total. The highest BCUT2D eigenvalue weighted by Gasteiger charge is 2.15. The molecule has 1 heterocycles. The van der Waals surface area contributed by atoms with Gasteiger partial charge in [-0.25, -0.2) is 0 Å². The second kappa shape index (κ2) is 9.17. The predicted octanol–water partition coefficient (Wildman–Crippen LogP) is 4.49. The van der Waals surface area contributed by atoms with E-state index in [4.69, 9.17) is 4.84 Å². The summed E-state index contributed by atoms with van der Waals surface area (Å²) in [4.78, 5) is 33.4. The molecule has 0 aliphatic carbocycles. The van der Waals surface area contributed by atoms with Crippen molar-refractivity contribution in [1.29, 1.82) is 0 Å². The van der Waals surface area contributed by atoms with Gasteiger partial charge in [-0.2, -0.15) is 0 Å². The molecule has 0 atom stereocenters. The van der Waals surface area contributed by atoms with Crippen molar-refractivity contribution in [2.45, 2.75) is 13.3 Å². The third-order valence-corrected chi connectivity index (χ3v) is 4.96. The van der Waals surface area contributed by atoms with Crippen molar-refractivity contribution in [3.05, 3.63) is 96.2 Å². The number of carbonyl (C=O) groups excluding carboxylic acids is 2. The van der Waals surface area contributed by atoms with Crippen LogP contribution in [0.5, 0.6) is 5.75 Å². The number of nitrogens with zero attached hydrogens (tertiary/aromatic N) is 1. The highest BCUT2D eigenvalue weighted by atomic mass is 16.7. The van der Waals surface area contributed by atoms with Crippen LogP contribution in [0.4, 0.5) is 5.69 Å². The molecule has 0 spiro atoms. The molecule has 31 heavy (non-hydrogen) atoms. The number of fused-ring (bicyclic) bond motifs is 1. The number of amides is 2. The van der Waals surface area contributed by atoms with Gasteiger partial charge in [-0.15, -0.1) is 5.06 Å². The van der Waals surface area contributed by atoms with Crippen LogP contribution in [0, 0.1) is 0 Å². The Morgan fingerprint density at radius 1 is 0.935 bits per heavy atom. The Bertz CT molecular complexity index is 1180. The highest BCUT2D eigenvalue weighted by molar-refractivity contribution is 5.95. The first-order valence-corrected chi connectivity index (χ1v) is 10.1. The molecule has 0 aliphatic rings. The lowest BCUT2D eigenvalue weighted by Gasteiger charge is -2.21. The lowest BCUT2D eigenvalue weighted by atomic mass is 10.1. The van der Waals surface area contributed by atoms with Crippen molar-refractivity contribution in [3.63, 3.8) is 0 Å². The van der Waals surface area contributed by atoms with Gasteiger partial charge in [0.1, 0.15) is 0 Å². The van der Waals surface area contributed by atoms with Crippen LogP contribution in [0.1, 0.15) is 22.8 Å². The maximum Gasteiger partial charge on any atom is 0.256 e. The van der Waals surface area contributed by atoms with Crippen molar-refractivity contribution < 1.29 is 14.4 Å². The van der Waals surface area contributed by atoms with Crippen molar-refractivity contribution >= 4 is 28.4 Å². The first-order chi connectivity index (χ1) is 15.1. The summed E-state index contributed by atoms with van der Waals surface area (Å²) in [7, 11) is 0. The summed E-state index contributed by atoms with van der Waals surface area (Å²) in [6.07, 6.45) is 2.65. The van der Waals surface area contributed by atoms with Crippen molar-refractivity contribution in [2.24, 2.45) is 0 Å². The number of para-hydroxylation sites is 1. The maximum absolute atomic E-state index is 12.5. The van der Waals surface area contributed by atoms with E-state index in [0.717, 1.165) is 11.9 Å². The zero-order chi connectivity index (χ0) is 21.6. The van der Waals surface area contributed by atoms with E-state index in [0.29, 0.717) is 23.5 Å². The predicted molar refractivity (Wildman–Crippen MR) is 121 cm³/mol. The Hall–Kier alpha value is -4.06. The van der Waals surface area contributed by atoms with Gasteiger partial charge in [-0.3, -0.25) is 9.59 Å². The number of hydrogen-bond donors (Lipinski definition) is 2. The average Bonchev–Trinajstić information content (AvgIpc) is 3.28. The number of aromatic nitrogens is 1. The molecule has 3 aromatic carbocycles. The van der Waals surface area contributed by atoms with Crippen LogP contribution in [0.3, 0.4) is 0 Å². The SMILES string of the molecule is CC(=O)N(Oc1ccccc1)c1ccc(C(=O)NCCc2cccc3[nH]ccc23)cc1. The van der Waals surface area contributed by atoms with E-state index in [2.05, 4.69) is 16.4 Å². The summed E-state index contributed by atoms with van der Waals surface area (Å²) < 4.78 is 0. The van der Waals surface area contributed by atoms with Crippen molar-refractivity contribution in [3.8, 4) is 5.75 Å². The fraction of sp³-hybridized carbons (Fsp3) is 0.120. The van der Waals surface area contributed by atoms with Gasteiger partial charge < -0.3 is 15.1 Å². The standard InChI is InChI=1S/C25H23N3O3/c1-18(29)28(31-22-7-3-2-4-8-22)21-12-10-20(11-13-21)25(30)27-16-14-19-6-5-9-24-23(19)15-17-26-24/h2-13,15,17,26H,14,16H2,1H3,(H,27,30). The number of hydrogen-bond acceptors (Lipinski definition) is 3. The Balaban J connectivity index is 1.38. The van der Waals surface area contributed by atoms with E-state index in [1.807, 2.05) is 42.6 Å². The zero-order valence-corrected chi connectivity index (χ0v) is 17.2. The number of benzene rings is 3. The number of H-pyrrole nitrogens is 1. The van der Waals surface area contributed by atoms with Gasteiger partial charge in [-0.1, -0.05) is 30.3 Å². The summed E-state index contributed by atoms with van der Waals surface area (Å²) in [6, 6.07) is 24.0. The second-order valence-electron chi connectivity index (χ2n) is 7.13. The minimum absolute atomic E-state index is 0.161. The summed E-state index contributed by atoms with van der Waals surface area (Å²) in [6.45, 7) is 1.95. The smallest absolute Gasteiger partial charge is 0.256 e. The molecule has 0 aliphatic heterocycles. The normalized spacial score (nSPS) is 10.6. The van der Waals surface area contributed by atoms with E-state index in [9.17, 15) is 9.59 Å². The lowest BCUT2D eigenvalue weighted by molar-refractivity contribution is -0.120. The molecule has 1 aromatic heterocycles. The van der Waals surface area contributed by atoms with Crippen LogP contribution in [-0.2, 0) is 11.2 Å². The van der Waals surface area contributed by atoms with Gasteiger partial charge in [0.2, 0.25) is 0 Å². The summed E-state index contributed by atoms with van der Waals surface area (Å²) >= 11 is 0. The second-order valence-corrected chi connectivity index (χ2v) is 7.13. The topological polar surface area (TPSA) is 74.4 Å². The van der Waals surface area contributed by atoms with Crippen LogP contribution in [-0.4, -0.2) is 23.3 Å². The first kappa shape index (κ1) is 20.2. The molecular formula is C25H23N3O3. The van der Waals surface area contributed by atoms with Crippen LogP contribution < -0.4 is 15.2 Å². The number of aromatic amines is 1. The summed E-state index contributed by atoms with van der Waals surface area (Å²) in [5.41, 5.74) is 3.34. The molecule has 0 saturated heterocycles. The third kappa shape index (κ3) is 4.75. The van der Waals surface area contributed by atoms with Gasteiger partial charge in [0, 0.05) is 36.1 Å². The number of anilines is 1. The van der Waals surface area contributed by atoms with Gasteiger partial charge in [-0.05, 0) is 60.5 Å². The Kier molecular flexibility index (Phi) is 5.98. The molecule has 4 aromatic rings. The maximum atomic E-state index is 12.5. The molecule has 156 valence electrons.